The number of anilines is 3. The molecule has 0 bridgehead atoms. The van der Waals surface area contributed by atoms with Gasteiger partial charge in [-0.1, -0.05) is 27.5 Å². The molecule has 0 aliphatic rings. The van der Waals surface area contributed by atoms with Gasteiger partial charge in [-0.2, -0.15) is 0 Å². The molecule has 0 heterocycles. The van der Waals surface area contributed by atoms with Crippen LogP contribution in [0.4, 0.5) is 17.1 Å². The Bertz CT molecular complexity index is 597. The van der Waals surface area contributed by atoms with Crippen molar-refractivity contribution in [3.05, 3.63) is 51.0 Å². The van der Waals surface area contributed by atoms with E-state index in [2.05, 4.69) is 34.2 Å². The minimum Gasteiger partial charge on any atom is -0.398 e. The predicted molar refractivity (Wildman–Crippen MR) is 82.8 cm³/mol. The van der Waals surface area contributed by atoms with Crippen LogP contribution >= 0.6 is 27.5 Å². The molecule has 3 N–H and O–H groups in total. The molecule has 0 atom stereocenters. The maximum atomic E-state index is 6.04. The summed E-state index contributed by atoms with van der Waals surface area (Å²) >= 11 is 9.52. The Morgan fingerprint density at radius 2 is 1.83 bits per heavy atom. The van der Waals surface area contributed by atoms with E-state index in [1.54, 1.807) is 0 Å². The molecule has 0 amide bonds. The van der Waals surface area contributed by atoms with Gasteiger partial charge in [-0.3, -0.25) is 0 Å². The van der Waals surface area contributed by atoms with Crippen LogP contribution in [-0.2, 0) is 0 Å². The second-order valence-corrected chi connectivity index (χ2v) is 5.54. The zero-order chi connectivity index (χ0) is 13.3. The van der Waals surface area contributed by atoms with E-state index in [9.17, 15) is 0 Å². The molecule has 2 aromatic rings. The number of hydrogen-bond donors (Lipinski definition) is 2. The van der Waals surface area contributed by atoms with Gasteiger partial charge in [-0.15, -0.1) is 0 Å². The highest BCUT2D eigenvalue weighted by Crippen LogP contribution is 2.30. The van der Waals surface area contributed by atoms with E-state index in [0.717, 1.165) is 21.4 Å². The van der Waals surface area contributed by atoms with Crippen molar-refractivity contribution >= 4 is 44.6 Å². The Labute approximate surface area is 120 Å². The Morgan fingerprint density at radius 1 is 1.11 bits per heavy atom. The van der Waals surface area contributed by atoms with E-state index in [0.29, 0.717) is 10.7 Å². The summed E-state index contributed by atoms with van der Waals surface area (Å²) in [5, 5.41) is 3.91. The van der Waals surface area contributed by atoms with Crippen molar-refractivity contribution in [3.63, 3.8) is 0 Å². The lowest BCUT2D eigenvalue weighted by Crippen LogP contribution is -1.96. The smallest absolute Gasteiger partial charge is 0.0656 e. The molecular formula is C14H14BrClN2. The van der Waals surface area contributed by atoms with E-state index < -0.39 is 0 Å². The zero-order valence-corrected chi connectivity index (χ0v) is 12.6. The van der Waals surface area contributed by atoms with Crippen molar-refractivity contribution in [2.24, 2.45) is 0 Å². The molecule has 94 valence electrons. The fourth-order valence-corrected chi connectivity index (χ4v) is 2.13. The van der Waals surface area contributed by atoms with Gasteiger partial charge in [-0.05, 0) is 55.3 Å². The SMILES string of the molecule is Cc1cc(Nc2cc(Cl)c(N)cc2C)ccc1Br. The molecule has 0 radical (unpaired) electrons. The third-order valence-electron chi connectivity index (χ3n) is 2.78. The van der Waals surface area contributed by atoms with Gasteiger partial charge in [-0.25, -0.2) is 0 Å². The topological polar surface area (TPSA) is 38.0 Å². The van der Waals surface area contributed by atoms with Gasteiger partial charge in [0.25, 0.3) is 0 Å². The minimum atomic E-state index is 0.567. The number of aryl methyl sites for hydroxylation is 2. The third-order valence-corrected chi connectivity index (χ3v) is 4.00. The van der Waals surface area contributed by atoms with Crippen molar-refractivity contribution in [1.29, 1.82) is 0 Å². The molecule has 4 heteroatoms. The number of rotatable bonds is 2. The average molecular weight is 326 g/mol. The second kappa shape index (κ2) is 5.21. The molecule has 2 rings (SSSR count). The van der Waals surface area contributed by atoms with Gasteiger partial charge >= 0.3 is 0 Å². The van der Waals surface area contributed by atoms with Crippen LogP contribution in [0.5, 0.6) is 0 Å². The summed E-state index contributed by atoms with van der Waals surface area (Å²) in [4.78, 5) is 0. The first kappa shape index (κ1) is 13.2. The summed E-state index contributed by atoms with van der Waals surface area (Å²) in [6.45, 7) is 4.05. The first-order valence-corrected chi connectivity index (χ1v) is 6.73. The van der Waals surface area contributed by atoms with Gasteiger partial charge in [0.1, 0.15) is 0 Å². The number of benzene rings is 2. The molecule has 0 saturated carbocycles. The molecule has 0 spiro atoms. The maximum Gasteiger partial charge on any atom is 0.0656 e. The van der Waals surface area contributed by atoms with Crippen LogP contribution < -0.4 is 11.1 Å². The first-order chi connectivity index (χ1) is 8.47. The molecule has 0 unspecified atom stereocenters. The van der Waals surface area contributed by atoms with Crippen LogP contribution in [0.1, 0.15) is 11.1 Å². The van der Waals surface area contributed by atoms with E-state index in [1.807, 2.05) is 31.2 Å². The highest BCUT2D eigenvalue weighted by Gasteiger charge is 2.04. The number of hydrogen-bond acceptors (Lipinski definition) is 2. The highest BCUT2D eigenvalue weighted by atomic mass is 79.9. The normalized spacial score (nSPS) is 10.4. The highest BCUT2D eigenvalue weighted by molar-refractivity contribution is 9.10. The van der Waals surface area contributed by atoms with Crippen LogP contribution in [0.15, 0.2) is 34.8 Å². The standard InChI is InChI=1S/C14H14BrClN2/c1-8-5-10(3-4-11(8)15)18-14-7-12(16)13(17)6-9(14)2/h3-7,18H,17H2,1-2H3. The van der Waals surface area contributed by atoms with Crippen LogP contribution in [0, 0.1) is 13.8 Å². The van der Waals surface area contributed by atoms with Gasteiger partial charge in [0.15, 0.2) is 0 Å². The largest absolute Gasteiger partial charge is 0.398 e. The average Bonchev–Trinajstić information content (AvgIpc) is 2.31. The van der Waals surface area contributed by atoms with E-state index in [4.69, 9.17) is 17.3 Å². The minimum absolute atomic E-state index is 0.567. The van der Waals surface area contributed by atoms with Crippen molar-refractivity contribution < 1.29 is 0 Å². The Hall–Kier alpha value is -1.19. The van der Waals surface area contributed by atoms with Crippen LogP contribution in [0.25, 0.3) is 0 Å². The Kier molecular flexibility index (Phi) is 3.83. The molecule has 0 aromatic heterocycles. The molecule has 0 saturated heterocycles. The quantitative estimate of drug-likeness (QED) is 0.759. The van der Waals surface area contributed by atoms with Gasteiger partial charge in [0.05, 0.1) is 10.7 Å². The molecule has 2 aromatic carbocycles. The van der Waals surface area contributed by atoms with Crippen molar-refractivity contribution in [1.82, 2.24) is 0 Å². The summed E-state index contributed by atoms with van der Waals surface area (Å²) < 4.78 is 1.10. The van der Waals surface area contributed by atoms with Crippen molar-refractivity contribution in [2.45, 2.75) is 13.8 Å². The fourth-order valence-electron chi connectivity index (χ4n) is 1.72. The Morgan fingerprint density at radius 3 is 2.50 bits per heavy atom. The monoisotopic (exact) mass is 324 g/mol. The maximum absolute atomic E-state index is 6.04. The lowest BCUT2D eigenvalue weighted by Gasteiger charge is -2.12. The van der Waals surface area contributed by atoms with Crippen molar-refractivity contribution in [3.8, 4) is 0 Å². The van der Waals surface area contributed by atoms with Crippen LogP contribution in [0.2, 0.25) is 5.02 Å². The van der Waals surface area contributed by atoms with E-state index >= 15 is 0 Å². The zero-order valence-electron chi connectivity index (χ0n) is 10.2. The molecule has 0 aliphatic heterocycles. The number of nitrogens with one attached hydrogen (secondary N) is 1. The summed E-state index contributed by atoms with van der Waals surface area (Å²) in [6, 6.07) is 9.83. The first-order valence-electron chi connectivity index (χ1n) is 5.56. The summed E-state index contributed by atoms with van der Waals surface area (Å²) in [5.74, 6) is 0. The van der Waals surface area contributed by atoms with Crippen LogP contribution in [0.3, 0.4) is 0 Å². The van der Waals surface area contributed by atoms with E-state index in [1.165, 1.54) is 5.56 Å². The van der Waals surface area contributed by atoms with Crippen molar-refractivity contribution in [2.75, 3.05) is 11.1 Å². The Balaban J connectivity index is 2.34. The molecule has 18 heavy (non-hydrogen) atoms. The van der Waals surface area contributed by atoms with E-state index in [-0.39, 0.29) is 0 Å². The molecule has 0 fully saturated rings. The fraction of sp³-hybridized carbons (Fsp3) is 0.143. The molecule has 0 aliphatic carbocycles. The summed E-state index contributed by atoms with van der Waals surface area (Å²) in [6.07, 6.45) is 0. The number of nitrogens with two attached hydrogens (primary N) is 1. The molecule has 2 nitrogen and oxygen atoms in total. The van der Waals surface area contributed by atoms with Gasteiger partial charge in [0, 0.05) is 15.8 Å². The predicted octanol–water partition coefficient (Wildman–Crippen LogP) is 5.05. The third kappa shape index (κ3) is 2.79. The van der Waals surface area contributed by atoms with Crippen LogP contribution in [-0.4, -0.2) is 0 Å². The summed E-state index contributed by atoms with van der Waals surface area (Å²) in [5.41, 5.74) is 10.6. The number of nitrogen functional groups attached to an aromatic ring is 1. The molecular weight excluding hydrogens is 312 g/mol. The second-order valence-electron chi connectivity index (χ2n) is 4.28. The lowest BCUT2D eigenvalue weighted by molar-refractivity contribution is 1.39. The summed E-state index contributed by atoms with van der Waals surface area (Å²) in [7, 11) is 0. The lowest BCUT2D eigenvalue weighted by atomic mass is 10.1. The van der Waals surface area contributed by atoms with Gasteiger partial charge < -0.3 is 11.1 Å². The van der Waals surface area contributed by atoms with Gasteiger partial charge in [0.2, 0.25) is 0 Å². The number of halogens is 2.